The Bertz CT molecular complexity index is 661. The molecular formula is C18H20Cl2N2O. The van der Waals surface area contributed by atoms with E-state index in [1.54, 1.807) is 12.1 Å². The lowest BCUT2D eigenvalue weighted by atomic mass is 10.1. The van der Waals surface area contributed by atoms with Crippen molar-refractivity contribution < 1.29 is 4.79 Å². The van der Waals surface area contributed by atoms with Crippen molar-refractivity contribution in [1.82, 2.24) is 10.2 Å². The van der Waals surface area contributed by atoms with Crippen LogP contribution in [0.3, 0.4) is 0 Å². The van der Waals surface area contributed by atoms with Gasteiger partial charge in [0, 0.05) is 16.6 Å². The molecule has 1 N–H and O–H groups in total. The van der Waals surface area contributed by atoms with Gasteiger partial charge in [-0.15, -0.1) is 0 Å². The Balaban J connectivity index is 1.88. The van der Waals surface area contributed by atoms with E-state index in [0.717, 1.165) is 12.1 Å². The van der Waals surface area contributed by atoms with Gasteiger partial charge in [-0.3, -0.25) is 9.69 Å². The molecular weight excluding hydrogens is 331 g/mol. The van der Waals surface area contributed by atoms with Crippen LogP contribution in [0, 0.1) is 0 Å². The summed E-state index contributed by atoms with van der Waals surface area (Å²) < 4.78 is 0. The van der Waals surface area contributed by atoms with Crippen molar-refractivity contribution in [3.63, 3.8) is 0 Å². The van der Waals surface area contributed by atoms with Crippen molar-refractivity contribution in [1.29, 1.82) is 0 Å². The summed E-state index contributed by atoms with van der Waals surface area (Å²) in [5.41, 5.74) is 2.03. The van der Waals surface area contributed by atoms with Crippen LogP contribution in [0.4, 0.5) is 0 Å². The molecule has 0 radical (unpaired) electrons. The van der Waals surface area contributed by atoms with Gasteiger partial charge in [0.15, 0.2) is 0 Å². The molecule has 0 aliphatic heterocycles. The first-order valence-corrected chi connectivity index (χ1v) is 8.18. The number of nitrogens with zero attached hydrogens (tertiary/aromatic N) is 1. The topological polar surface area (TPSA) is 32.3 Å². The molecule has 0 fully saturated rings. The van der Waals surface area contributed by atoms with E-state index < -0.39 is 0 Å². The van der Waals surface area contributed by atoms with Crippen LogP contribution in [-0.2, 0) is 11.3 Å². The molecule has 0 bridgehead atoms. The highest BCUT2D eigenvalue weighted by Crippen LogP contribution is 2.25. The molecule has 0 heterocycles. The average molecular weight is 351 g/mol. The Morgan fingerprint density at radius 1 is 1.17 bits per heavy atom. The SMILES string of the molecule is C[C@@H](NC(=O)CN(C)Cc1ccccc1)c1ccc(Cl)cc1Cl. The van der Waals surface area contributed by atoms with E-state index in [1.807, 2.05) is 55.3 Å². The molecule has 0 saturated heterocycles. The van der Waals surface area contributed by atoms with Gasteiger partial charge in [-0.2, -0.15) is 0 Å². The zero-order valence-corrected chi connectivity index (χ0v) is 14.7. The molecule has 2 aromatic rings. The van der Waals surface area contributed by atoms with E-state index in [-0.39, 0.29) is 11.9 Å². The lowest BCUT2D eigenvalue weighted by Crippen LogP contribution is -2.36. The number of likely N-dealkylation sites (N-methyl/N-ethyl adjacent to an activating group) is 1. The quantitative estimate of drug-likeness (QED) is 0.842. The largest absolute Gasteiger partial charge is 0.348 e. The molecule has 1 atom stereocenters. The van der Waals surface area contributed by atoms with Crippen LogP contribution in [0.2, 0.25) is 10.0 Å². The summed E-state index contributed by atoms with van der Waals surface area (Å²) in [6, 6.07) is 15.2. The second kappa shape index (κ2) is 8.34. The molecule has 2 rings (SSSR count). The summed E-state index contributed by atoms with van der Waals surface area (Å²) in [6.07, 6.45) is 0. The molecule has 0 saturated carbocycles. The maximum Gasteiger partial charge on any atom is 0.234 e. The van der Waals surface area contributed by atoms with E-state index in [4.69, 9.17) is 23.2 Å². The number of halogens is 2. The van der Waals surface area contributed by atoms with Crippen molar-refractivity contribution in [2.45, 2.75) is 19.5 Å². The van der Waals surface area contributed by atoms with Crippen LogP contribution < -0.4 is 5.32 Å². The maximum absolute atomic E-state index is 12.2. The van der Waals surface area contributed by atoms with Gasteiger partial charge in [0.1, 0.15) is 0 Å². The predicted molar refractivity (Wildman–Crippen MR) is 95.8 cm³/mol. The Kier molecular flexibility index (Phi) is 6.46. The smallest absolute Gasteiger partial charge is 0.234 e. The third-order valence-electron chi connectivity index (χ3n) is 3.52. The van der Waals surface area contributed by atoms with Crippen molar-refractivity contribution in [3.05, 3.63) is 69.7 Å². The van der Waals surface area contributed by atoms with E-state index in [2.05, 4.69) is 5.32 Å². The molecule has 0 aliphatic rings. The van der Waals surface area contributed by atoms with Gasteiger partial charge in [0.2, 0.25) is 5.91 Å². The predicted octanol–water partition coefficient (Wildman–Crippen LogP) is 4.30. The molecule has 5 heteroatoms. The second-order valence-electron chi connectivity index (χ2n) is 5.61. The van der Waals surface area contributed by atoms with Crippen LogP contribution in [0.1, 0.15) is 24.1 Å². The van der Waals surface area contributed by atoms with E-state index in [9.17, 15) is 4.79 Å². The minimum Gasteiger partial charge on any atom is -0.348 e. The van der Waals surface area contributed by atoms with Gasteiger partial charge in [-0.25, -0.2) is 0 Å². The standard InChI is InChI=1S/C18H20Cl2N2O/c1-13(16-9-8-15(19)10-17(16)20)21-18(23)12-22(2)11-14-6-4-3-5-7-14/h3-10,13H,11-12H2,1-2H3,(H,21,23)/t13-/m1/s1. The Morgan fingerprint density at radius 3 is 2.52 bits per heavy atom. The van der Waals surface area contributed by atoms with Gasteiger partial charge in [-0.1, -0.05) is 59.6 Å². The van der Waals surface area contributed by atoms with Crippen molar-refractivity contribution in [3.8, 4) is 0 Å². The number of benzene rings is 2. The average Bonchev–Trinajstić information content (AvgIpc) is 2.47. The maximum atomic E-state index is 12.2. The van der Waals surface area contributed by atoms with Crippen LogP contribution in [-0.4, -0.2) is 24.4 Å². The van der Waals surface area contributed by atoms with E-state index >= 15 is 0 Å². The van der Waals surface area contributed by atoms with Crippen LogP contribution in [0.5, 0.6) is 0 Å². The Morgan fingerprint density at radius 2 is 1.87 bits per heavy atom. The highest BCUT2D eigenvalue weighted by Gasteiger charge is 2.14. The van der Waals surface area contributed by atoms with Gasteiger partial charge in [-0.05, 0) is 37.2 Å². The number of amides is 1. The highest BCUT2D eigenvalue weighted by molar-refractivity contribution is 6.35. The fourth-order valence-corrected chi connectivity index (χ4v) is 2.99. The number of carbonyl (C=O) groups is 1. The summed E-state index contributed by atoms with van der Waals surface area (Å²) in [5.74, 6) is -0.0399. The molecule has 2 aromatic carbocycles. The first-order chi connectivity index (χ1) is 11.0. The van der Waals surface area contributed by atoms with Crippen molar-refractivity contribution in [2.75, 3.05) is 13.6 Å². The normalized spacial score (nSPS) is 12.2. The second-order valence-corrected chi connectivity index (χ2v) is 6.46. The molecule has 23 heavy (non-hydrogen) atoms. The van der Waals surface area contributed by atoms with Crippen molar-refractivity contribution in [2.24, 2.45) is 0 Å². The summed E-state index contributed by atoms with van der Waals surface area (Å²) in [5, 5.41) is 4.11. The summed E-state index contributed by atoms with van der Waals surface area (Å²) in [7, 11) is 1.92. The summed E-state index contributed by atoms with van der Waals surface area (Å²) in [6.45, 7) is 2.96. The van der Waals surface area contributed by atoms with Crippen LogP contribution >= 0.6 is 23.2 Å². The molecule has 0 aromatic heterocycles. The van der Waals surface area contributed by atoms with Gasteiger partial charge >= 0.3 is 0 Å². The van der Waals surface area contributed by atoms with Gasteiger partial charge < -0.3 is 5.32 Å². The van der Waals surface area contributed by atoms with Crippen molar-refractivity contribution >= 4 is 29.1 Å². The number of hydrogen-bond donors (Lipinski definition) is 1. The number of rotatable bonds is 6. The Hall–Kier alpha value is -1.55. The van der Waals surface area contributed by atoms with E-state index in [0.29, 0.717) is 16.6 Å². The molecule has 3 nitrogen and oxygen atoms in total. The zero-order valence-electron chi connectivity index (χ0n) is 13.2. The van der Waals surface area contributed by atoms with Gasteiger partial charge in [0.25, 0.3) is 0 Å². The molecule has 122 valence electrons. The lowest BCUT2D eigenvalue weighted by Gasteiger charge is -2.20. The third kappa shape index (κ3) is 5.54. The van der Waals surface area contributed by atoms with E-state index in [1.165, 1.54) is 5.56 Å². The minimum absolute atomic E-state index is 0.0399. The summed E-state index contributed by atoms with van der Waals surface area (Å²) >= 11 is 12.1. The van der Waals surface area contributed by atoms with Crippen LogP contribution in [0.25, 0.3) is 0 Å². The number of nitrogens with one attached hydrogen (secondary N) is 1. The first kappa shape index (κ1) is 17.8. The fraction of sp³-hybridized carbons (Fsp3) is 0.278. The molecule has 1 amide bonds. The van der Waals surface area contributed by atoms with Crippen LogP contribution in [0.15, 0.2) is 48.5 Å². The van der Waals surface area contributed by atoms with Gasteiger partial charge in [0.05, 0.1) is 12.6 Å². The number of hydrogen-bond acceptors (Lipinski definition) is 2. The highest BCUT2D eigenvalue weighted by atomic mass is 35.5. The molecule has 0 unspecified atom stereocenters. The lowest BCUT2D eigenvalue weighted by molar-refractivity contribution is -0.122. The number of carbonyl (C=O) groups excluding carboxylic acids is 1. The Labute approximate surface area is 147 Å². The fourth-order valence-electron chi connectivity index (χ4n) is 2.41. The third-order valence-corrected chi connectivity index (χ3v) is 4.08. The minimum atomic E-state index is -0.169. The first-order valence-electron chi connectivity index (χ1n) is 7.42. The molecule has 0 aliphatic carbocycles. The summed E-state index contributed by atoms with van der Waals surface area (Å²) in [4.78, 5) is 14.2. The zero-order chi connectivity index (χ0) is 16.8. The monoisotopic (exact) mass is 350 g/mol. The molecule has 0 spiro atoms.